The van der Waals surface area contributed by atoms with Crippen molar-refractivity contribution in [3.8, 4) is 5.75 Å². The molecule has 2 aromatic rings. The summed E-state index contributed by atoms with van der Waals surface area (Å²) in [5.74, 6) is 1.16. The van der Waals surface area contributed by atoms with Gasteiger partial charge in [-0.05, 0) is 55.0 Å². The topological polar surface area (TPSA) is 54.5 Å². The van der Waals surface area contributed by atoms with Gasteiger partial charge < -0.3 is 15.0 Å². The van der Waals surface area contributed by atoms with Gasteiger partial charge in [-0.3, -0.25) is 4.98 Å². The van der Waals surface area contributed by atoms with E-state index >= 15 is 0 Å². The number of hydrogen-bond acceptors (Lipinski definition) is 3. The molecule has 1 fully saturated rings. The van der Waals surface area contributed by atoms with Crippen LogP contribution in [0.15, 0.2) is 48.8 Å². The number of nitrogens with one attached hydrogen (secondary N) is 1. The molecule has 0 atom stereocenters. The van der Waals surface area contributed by atoms with Crippen molar-refractivity contribution in [3.05, 3.63) is 60.2 Å². The van der Waals surface area contributed by atoms with Gasteiger partial charge in [-0.2, -0.15) is 0 Å². The van der Waals surface area contributed by atoms with Crippen molar-refractivity contribution in [3.63, 3.8) is 0 Å². The van der Waals surface area contributed by atoms with Gasteiger partial charge in [0.2, 0.25) is 0 Å². The van der Waals surface area contributed by atoms with Crippen molar-refractivity contribution < 1.29 is 13.9 Å². The standard InChI is InChI=1S/C20H24FN3O2/c21-18-3-1-17(2-4-18)15-23-20(25)24-12-7-16(8-13-24)9-14-26-19-5-10-22-11-6-19/h1-6,10-11,16H,7-9,12-15H2,(H,23,25). The Kier molecular flexibility index (Phi) is 6.41. The molecule has 0 bridgehead atoms. The highest BCUT2D eigenvalue weighted by Crippen LogP contribution is 2.21. The number of carbonyl (C=O) groups is 1. The lowest BCUT2D eigenvalue weighted by Crippen LogP contribution is -2.44. The molecule has 0 radical (unpaired) electrons. The summed E-state index contributed by atoms with van der Waals surface area (Å²) in [6, 6.07) is 9.83. The van der Waals surface area contributed by atoms with Crippen molar-refractivity contribution in [1.29, 1.82) is 0 Å². The van der Waals surface area contributed by atoms with Crippen LogP contribution in [0.1, 0.15) is 24.8 Å². The molecular weight excluding hydrogens is 333 g/mol. The number of rotatable bonds is 6. The van der Waals surface area contributed by atoms with Crippen LogP contribution < -0.4 is 10.1 Å². The zero-order valence-corrected chi connectivity index (χ0v) is 14.7. The smallest absolute Gasteiger partial charge is 0.317 e. The normalized spacial score (nSPS) is 14.9. The van der Waals surface area contributed by atoms with E-state index in [1.165, 1.54) is 12.1 Å². The lowest BCUT2D eigenvalue weighted by molar-refractivity contribution is 0.160. The third-order valence-electron chi connectivity index (χ3n) is 4.70. The monoisotopic (exact) mass is 357 g/mol. The Morgan fingerprint density at radius 1 is 1.15 bits per heavy atom. The maximum absolute atomic E-state index is 12.9. The molecule has 0 aliphatic carbocycles. The van der Waals surface area contributed by atoms with Crippen molar-refractivity contribution in [2.45, 2.75) is 25.8 Å². The van der Waals surface area contributed by atoms with E-state index in [4.69, 9.17) is 4.74 Å². The van der Waals surface area contributed by atoms with Crippen LogP contribution in [-0.2, 0) is 6.54 Å². The third-order valence-corrected chi connectivity index (χ3v) is 4.70. The Hall–Kier alpha value is -2.63. The van der Waals surface area contributed by atoms with Crippen molar-refractivity contribution >= 4 is 6.03 Å². The van der Waals surface area contributed by atoms with Crippen molar-refractivity contribution in [2.24, 2.45) is 5.92 Å². The molecule has 138 valence electrons. The second-order valence-corrected chi connectivity index (χ2v) is 6.54. The van der Waals surface area contributed by atoms with E-state index in [2.05, 4.69) is 10.3 Å². The molecule has 0 spiro atoms. The fourth-order valence-electron chi connectivity index (χ4n) is 3.09. The van der Waals surface area contributed by atoms with Gasteiger partial charge in [0, 0.05) is 32.0 Å². The maximum Gasteiger partial charge on any atom is 0.317 e. The number of likely N-dealkylation sites (tertiary alicyclic amines) is 1. The Morgan fingerprint density at radius 3 is 2.54 bits per heavy atom. The summed E-state index contributed by atoms with van der Waals surface area (Å²) >= 11 is 0. The number of aromatic nitrogens is 1. The number of piperidine rings is 1. The molecule has 3 rings (SSSR count). The second-order valence-electron chi connectivity index (χ2n) is 6.54. The first-order valence-electron chi connectivity index (χ1n) is 9.01. The highest BCUT2D eigenvalue weighted by Gasteiger charge is 2.22. The van der Waals surface area contributed by atoms with Gasteiger partial charge in [-0.15, -0.1) is 0 Å². The van der Waals surface area contributed by atoms with Crippen LogP contribution >= 0.6 is 0 Å². The van der Waals surface area contributed by atoms with E-state index in [9.17, 15) is 9.18 Å². The van der Waals surface area contributed by atoms with E-state index in [0.29, 0.717) is 19.1 Å². The van der Waals surface area contributed by atoms with Crippen LogP contribution in [0.3, 0.4) is 0 Å². The fraction of sp³-hybridized carbons (Fsp3) is 0.400. The number of nitrogens with zero attached hydrogens (tertiary/aromatic N) is 2. The number of ether oxygens (including phenoxy) is 1. The van der Waals surface area contributed by atoms with Crippen LogP contribution in [-0.4, -0.2) is 35.6 Å². The minimum absolute atomic E-state index is 0.0548. The summed E-state index contributed by atoms with van der Waals surface area (Å²) in [6.07, 6.45) is 6.41. The van der Waals surface area contributed by atoms with E-state index in [1.54, 1.807) is 24.5 Å². The molecule has 6 heteroatoms. The molecule has 26 heavy (non-hydrogen) atoms. The molecular formula is C20H24FN3O2. The SMILES string of the molecule is O=C(NCc1ccc(F)cc1)N1CCC(CCOc2ccncc2)CC1. The quantitative estimate of drug-likeness (QED) is 0.859. The average Bonchev–Trinajstić information content (AvgIpc) is 2.69. The highest BCUT2D eigenvalue weighted by molar-refractivity contribution is 5.74. The van der Waals surface area contributed by atoms with E-state index < -0.39 is 0 Å². The number of hydrogen-bond donors (Lipinski definition) is 1. The summed E-state index contributed by atoms with van der Waals surface area (Å²) < 4.78 is 18.6. The Labute approximate surface area is 153 Å². The molecule has 1 saturated heterocycles. The third kappa shape index (κ3) is 5.44. The number of benzene rings is 1. The molecule has 1 aromatic heterocycles. The maximum atomic E-state index is 12.9. The molecule has 2 heterocycles. The number of carbonyl (C=O) groups excluding carboxylic acids is 1. The Bertz CT molecular complexity index is 686. The van der Waals surface area contributed by atoms with Gasteiger partial charge in [0.05, 0.1) is 6.61 Å². The molecule has 5 nitrogen and oxygen atoms in total. The largest absolute Gasteiger partial charge is 0.493 e. The van der Waals surface area contributed by atoms with Gasteiger partial charge in [-0.25, -0.2) is 9.18 Å². The average molecular weight is 357 g/mol. The molecule has 1 aliphatic heterocycles. The first-order valence-corrected chi connectivity index (χ1v) is 9.01. The number of amides is 2. The zero-order chi connectivity index (χ0) is 18.2. The molecule has 1 N–H and O–H groups in total. The summed E-state index contributed by atoms with van der Waals surface area (Å²) in [7, 11) is 0. The van der Waals surface area contributed by atoms with E-state index in [1.807, 2.05) is 17.0 Å². The van der Waals surface area contributed by atoms with Gasteiger partial charge in [0.25, 0.3) is 0 Å². The van der Waals surface area contributed by atoms with Crippen LogP contribution in [0.2, 0.25) is 0 Å². The van der Waals surface area contributed by atoms with Gasteiger partial charge >= 0.3 is 6.03 Å². The molecule has 0 unspecified atom stereocenters. The van der Waals surface area contributed by atoms with Crippen molar-refractivity contribution in [2.75, 3.05) is 19.7 Å². The van der Waals surface area contributed by atoms with Crippen LogP contribution in [0.5, 0.6) is 5.75 Å². The lowest BCUT2D eigenvalue weighted by atomic mass is 9.94. The molecule has 1 aliphatic rings. The first-order chi connectivity index (χ1) is 12.7. The van der Waals surface area contributed by atoms with Crippen LogP contribution in [0.25, 0.3) is 0 Å². The lowest BCUT2D eigenvalue weighted by Gasteiger charge is -2.32. The van der Waals surface area contributed by atoms with Crippen LogP contribution in [0, 0.1) is 11.7 Å². The molecule has 1 aromatic carbocycles. The van der Waals surface area contributed by atoms with Crippen LogP contribution in [0.4, 0.5) is 9.18 Å². The van der Waals surface area contributed by atoms with Gasteiger partial charge in [0.15, 0.2) is 0 Å². The number of pyridine rings is 1. The summed E-state index contributed by atoms with van der Waals surface area (Å²) in [4.78, 5) is 18.1. The fourth-order valence-corrected chi connectivity index (χ4v) is 3.09. The zero-order valence-electron chi connectivity index (χ0n) is 14.7. The number of halogens is 1. The second kappa shape index (κ2) is 9.17. The minimum Gasteiger partial charge on any atom is -0.493 e. The molecule has 2 amide bonds. The van der Waals surface area contributed by atoms with Gasteiger partial charge in [-0.1, -0.05) is 12.1 Å². The van der Waals surface area contributed by atoms with E-state index in [-0.39, 0.29) is 11.8 Å². The Balaban J connectivity index is 1.33. The summed E-state index contributed by atoms with van der Waals surface area (Å²) in [5.41, 5.74) is 0.892. The Morgan fingerprint density at radius 2 is 1.85 bits per heavy atom. The summed E-state index contributed by atoms with van der Waals surface area (Å²) in [5, 5.41) is 2.90. The predicted octanol–water partition coefficient (Wildman–Crippen LogP) is 3.61. The first kappa shape index (κ1) is 18.2. The van der Waals surface area contributed by atoms with E-state index in [0.717, 1.165) is 43.7 Å². The number of urea groups is 1. The van der Waals surface area contributed by atoms with Crippen molar-refractivity contribution in [1.82, 2.24) is 15.2 Å². The summed E-state index contributed by atoms with van der Waals surface area (Å²) in [6.45, 7) is 2.62. The molecule has 0 saturated carbocycles. The van der Waals surface area contributed by atoms with Gasteiger partial charge in [0.1, 0.15) is 11.6 Å². The highest BCUT2D eigenvalue weighted by atomic mass is 19.1. The minimum atomic E-state index is -0.268. The predicted molar refractivity (Wildman–Crippen MR) is 97.3 cm³/mol.